The topological polar surface area (TPSA) is 67.8 Å². The predicted molar refractivity (Wildman–Crippen MR) is 67.8 cm³/mol. The summed E-state index contributed by atoms with van der Waals surface area (Å²) in [5.41, 5.74) is 0.644. The normalized spacial score (nSPS) is 32.3. The average Bonchev–Trinajstić information content (AvgIpc) is 2.35. The van der Waals surface area contributed by atoms with Gasteiger partial charge in [0.15, 0.2) is 0 Å². The summed E-state index contributed by atoms with van der Waals surface area (Å²) in [6.45, 7) is 2.60. The molecule has 0 saturated heterocycles. The average molecular weight is 264 g/mol. The van der Waals surface area contributed by atoms with E-state index in [9.17, 15) is 4.79 Å². The van der Waals surface area contributed by atoms with Gasteiger partial charge in [-0.3, -0.25) is 4.79 Å². The molecule has 6 heteroatoms. The molecular formula is C12H16N4OS. The summed E-state index contributed by atoms with van der Waals surface area (Å²) in [6.07, 6.45) is 5.71. The molecular weight excluding hydrogens is 248 g/mol. The maximum atomic E-state index is 12.1. The number of amides is 1. The fraction of sp³-hybridized carbons (Fsp3) is 0.667. The van der Waals surface area contributed by atoms with Gasteiger partial charge >= 0.3 is 0 Å². The van der Waals surface area contributed by atoms with Gasteiger partial charge in [0, 0.05) is 0 Å². The highest BCUT2D eigenvalue weighted by Gasteiger charge is 2.67. The Labute approximate surface area is 110 Å². The lowest BCUT2D eigenvalue weighted by Gasteiger charge is -2.66. The molecule has 1 heterocycles. The van der Waals surface area contributed by atoms with E-state index in [1.54, 1.807) is 6.20 Å². The van der Waals surface area contributed by atoms with Gasteiger partial charge in [-0.2, -0.15) is 0 Å². The van der Waals surface area contributed by atoms with Crippen LogP contribution in [0.25, 0.3) is 0 Å². The minimum Gasteiger partial charge on any atom is -0.350 e. The van der Waals surface area contributed by atoms with Crippen LogP contribution in [0.3, 0.4) is 0 Å². The van der Waals surface area contributed by atoms with Crippen molar-refractivity contribution >= 4 is 17.7 Å². The zero-order valence-corrected chi connectivity index (χ0v) is 11.3. The van der Waals surface area contributed by atoms with E-state index >= 15 is 0 Å². The van der Waals surface area contributed by atoms with Gasteiger partial charge in [0.2, 0.25) is 11.1 Å². The highest BCUT2D eigenvalue weighted by Crippen LogP contribution is 2.68. The molecule has 1 N–H and O–H groups in total. The van der Waals surface area contributed by atoms with Gasteiger partial charge in [-0.15, -0.1) is 10.2 Å². The highest BCUT2D eigenvalue weighted by atomic mass is 32.2. The molecule has 1 aromatic heterocycles. The molecule has 18 heavy (non-hydrogen) atoms. The summed E-state index contributed by atoms with van der Waals surface area (Å²) < 4.78 is 0. The molecule has 1 atom stereocenters. The van der Waals surface area contributed by atoms with Crippen molar-refractivity contribution in [2.45, 2.75) is 31.5 Å². The van der Waals surface area contributed by atoms with E-state index in [0.717, 1.165) is 18.8 Å². The Bertz CT molecular complexity index is 469. The van der Waals surface area contributed by atoms with Crippen LogP contribution in [0.15, 0.2) is 11.4 Å². The first-order valence-corrected chi connectivity index (χ1v) is 7.39. The van der Waals surface area contributed by atoms with Crippen molar-refractivity contribution in [3.8, 4) is 0 Å². The van der Waals surface area contributed by atoms with Crippen molar-refractivity contribution in [2.75, 3.05) is 6.26 Å². The Morgan fingerprint density at radius 2 is 2.33 bits per heavy atom. The molecule has 4 rings (SSSR count). The smallest absolute Gasteiger partial charge is 0.226 e. The zero-order valence-electron chi connectivity index (χ0n) is 10.5. The van der Waals surface area contributed by atoms with Crippen LogP contribution in [0.2, 0.25) is 0 Å². The highest BCUT2D eigenvalue weighted by molar-refractivity contribution is 7.98. The molecule has 3 saturated carbocycles. The number of aromatic nitrogens is 3. The second kappa shape index (κ2) is 4.19. The summed E-state index contributed by atoms with van der Waals surface area (Å²) >= 11 is 1.45. The Hall–Kier alpha value is -1.17. The number of hydrogen-bond donors (Lipinski definition) is 1. The van der Waals surface area contributed by atoms with E-state index < -0.39 is 0 Å². The lowest BCUT2D eigenvalue weighted by Crippen LogP contribution is -2.66. The van der Waals surface area contributed by atoms with Crippen molar-refractivity contribution in [2.24, 2.45) is 17.3 Å². The Morgan fingerprint density at radius 1 is 1.56 bits per heavy atom. The fourth-order valence-corrected chi connectivity index (χ4v) is 3.21. The number of nitrogens with zero attached hydrogens (tertiary/aromatic N) is 3. The van der Waals surface area contributed by atoms with Gasteiger partial charge in [-0.1, -0.05) is 18.7 Å². The number of thioether (sulfide) groups is 1. The van der Waals surface area contributed by atoms with Gasteiger partial charge in [-0.05, 0) is 30.9 Å². The van der Waals surface area contributed by atoms with Crippen LogP contribution in [0.1, 0.15) is 25.5 Å². The van der Waals surface area contributed by atoms with Gasteiger partial charge in [0.25, 0.3) is 0 Å². The van der Waals surface area contributed by atoms with Crippen molar-refractivity contribution in [3.63, 3.8) is 0 Å². The summed E-state index contributed by atoms with van der Waals surface area (Å²) in [4.78, 5) is 16.2. The standard InChI is InChI=1S/C12H16N4OS/c1-7-8-3-12(7,4-8)10(17)13-5-9-6-14-11(18-2)16-15-9/h6-8H,3-5H2,1-2H3,(H,13,17). The van der Waals surface area contributed by atoms with E-state index in [0.29, 0.717) is 23.3 Å². The SMILES string of the molecule is CSc1ncc(CNC(=O)C23CC(C2)C3C)nn1. The van der Waals surface area contributed by atoms with E-state index in [4.69, 9.17) is 0 Å². The first kappa shape index (κ1) is 11.9. The molecule has 0 radical (unpaired) electrons. The van der Waals surface area contributed by atoms with E-state index in [1.807, 2.05) is 6.26 Å². The van der Waals surface area contributed by atoms with Gasteiger partial charge in [0.1, 0.15) is 5.69 Å². The van der Waals surface area contributed by atoms with E-state index in [2.05, 4.69) is 27.4 Å². The molecule has 3 aliphatic rings. The van der Waals surface area contributed by atoms with Crippen LogP contribution in [-0.4, -0.2) is 27.3 Å². The summed E-state index contributed by atoms with van der Waals surface area (Å²) in [5.74, 6) is 1.52. The van der Waals surface area contributed by atoms with Crippen LogP contribution < -0.4 is 5.32 Å². The van der Waals surface area contributed by atoms with Gasteiger partial charge in [-0.25, -0.2) is 4.98 Å². The molecule has 1 aromatic rings. The van der Waals surface area contributed by atoms with Crippen molar-refractivity contribution in [1.82, 2.24) is 20.5 Å². The Kier molecular flexibility index (Phi) is 2.77. The molecule has 3 fully saturated rings. The first-order chi connectivity index (χ1) is 8.65. The molecule has 5 nitrogen and oxygen atoms in total. The summed E-state index contributed by atoms with van der Waals surface area (Å²) in [7, 11) is 0. The molecule has 3 aliphatic carbocycles. The maximum absolute atomic E-state index is 12.1. The molecule has 0 aromatic carbocycles. The van der Waals surface area contributed by atoms with Crippen LogP contribution in [0.5, 0.6) is 0 Å². The molecule has 96 valence electrons. The number of rotatable bonds is 4. The molecule has 0 spiro atoms. The third kappa shape index (κ3) is 1.62. The monoisotopic (exact) mass is 264 g/mol. The minimum atomic E-state index is -0.0647. The second-order valence-corrected chi connectivity index (χ2v) is 6.01. The van der Waals surface area contributed by atoms with Crippen molar-refractivity contribution in [3.05, 3.63) is 11.9 Å². The third-order valence-electron chi connectivity index (χ3n) is 4.48. The predicted octanol–water partition coefficient (Wildman–Crippen LogP) is 1.26. The number of hydrogen-bond acceptors (Lipinski definition) is 5. The van der Waals surface area contributed by atoms with Crippen LogP contribution in [0, 0.1) is 17.3 Å². The Balaban J connectivity index is 1.56. The van der Waals surface area contributed by atoms with Crippen LogP contribution in [0.4, 0.5) is 0 Å². The number of carbonyl (C=O) groups is 1. The molecule has 2 bridgehead atoms. The molecule has 1 unspecified atom stereocenters. The first-order valence-electron chi connectivity index (χ1n) is 6.16. The molecule has 1 amide bonds. The maximum Gasteiger partial charge on any atom is 0.226 e. The van der Waals surface area contributed by atoms with E-state index in [1.165, 1.54) is 11.8 Å². The van der Waals surface area contributed by atoms with Crippen LogP contribution in [-0.2, 0) is 11.3 Å². The quantitative estimate of drug-likeness (QED) is 0.829. The van der Waals surface area contributed by atoms with Crippen LogP contribution >= 0.6 is 11.8 Å². The van der Waals surface area contributed by atoms with Gasteiger partial charge in [0.05, 0.1) is 18.2 Å². The van der Waals surface area contributed by atoms with Gasteiger partial charge < -0.3 is 5.32 Å². The number of carbonyl (C=O) groups excluding carboxylic acids is 1. The minimum absolute atomic E-state index is 0.0647. The molecule has 0 aliphatic heterocycles. The lowest BCUT2D eigenvalue weighted by molar-refractivity contribution is -0.194. The summed E-state index contributed by atoms with van der Waals surface area (Å²) in [6, 6.07) is 0. The number of nitrogens with one attached hydrogen (secondary N) is 1. The Morgan fingerprint density at radius 3 is 2.78 bits per heavy atom. The zero-order chi connectivity index (χ0) is 12.8. The van der Waals surface area contributed by atoms with Crippen molar-refractivity contribution < 1.29 is 4.79 Å². The van der Waals surface area contributed by atoms with Crippen molar-refractivity contribution in [1.29, 1.82) is 0 Å². The third-order valence-corrected chi connectivity index (χ3v) is 5.04. The fourth-order valence-electron chi connectivity index (χ4n) is 2.93. The largest absolute Gasteiger partial charge is 0.350 e. The summed E-state index contributed by atoms with van der Waals surface area (Å²) in [5, 5.41) is 11.6. The lowest BCUT2D eigenvalue weighted by atomic mass is 9.38. The second-order valence-electron chi connectivity index (χ2n) is 5.23. The van der Waals surface area contributed by atoms with E-state index in [-0.39, 0.29) is 11.3 Å².